The summed E-state index contributed by atoms with van der Waals surface area (Å²) in [6.07, 6.45) is 1.20. The highest BCUT2D eigenvalue weighted by Gasteiger charge is 2.05. The number of alkyl halides is 1. The van der Waals surface area contributed by atoms with Crippen LogP contribution in [0.4, 0.5) is 0 Å². The molecule has 0 aliphatic carbocycles. The van der Waals surface area contributed by atoms with Crippen LogP contribution in [-0.2, 0) is 19.1 Å². The second kappa shape index (κ2) is 7.38. The van der Waals surface area contributed by atoms with E-state index in [2.05, 4.69) is 4.74 Å². The van der Waals surface area contributed by atoms with Gasteiger partial charge in [-0.05, 0) is 13.8 Å². The second-order valence-corrected chi connectivity index (χ2v) is 2.77. The number of Topliss-reactive ketones (excluding diaryl/α,β-unsaturated/α-hetero) is 1. The van der Waals surface area contributed by atoms with Gasteiger partial charge in [0, 0.05) is 0 Å². The third-order valence-electron chi connectivity index (χ3n) is 1.25. The number of hydrogen-bond acceptors (Lipinski definition) is 4. The zero-order valence-corrected chi connectivity index (χ0v) is 8.97. The predicted octanol–water partition coefficient (Wildman–Crippen LogP) is 1.28. The Balaban J connectivity index is 3.87. The molecule has 0 amide bonds. The van der Waals surface area contributed by atoms with Crippen molar-refractivity contribution in [2.75, 3.05) is 19.1 Å². The third-order valence-corrected chi connectivity index (χ3v) is 1.55. The molecule has 0 radical (unpaired) electrons. The van der Waals surface area contributed by atoms with Gasteiger partial charge in [0.1, 0.15) is 6.61 Å². The molecule has 0 aromatic heterocycles. The maximum Gasteiger partial charge on any atom is 0.336 e. The fourth-order valence-electron chi connectivity index (χ4n) is 0.591. The third kappa shape index (κ3) is 5.59. The fourth-order valence-corrected chi connectivity index (χ4v) is 0.668. The van der Waals surface area contributed by atoms with Gasteiger partial charge in [-0.25, -0.2) is 4.79 Å². The van der Waals surface area contributed by atoms with Gasteiger partial charge in [-0.1, -0.05) is 0 Å². The summed E-state index contributed by atoms with van der Waals surface area (Å²) in [5.74, 6) is -0.780. The van der Waals surface area contributed by atoms with Crippen molar-refractivity contribution in [1.29, 1.82) is 0 Å². The van der Waals surface area contributed by atoms with Crippen LogP contribution in [0.5, 0.6) is 0 Å². The lowest BCUT2D eigenvalue weighted by Gasteiger charge is -2.02. The second-order valence-electron chi connectivity index (χ2n) is 2.50. The number of carbonyl (C=O) groups excluding carboxylic acids is 2. The minimum absolute atomic E-state index is 0.0910. The lowest BCUT2D eigenvalue weighted by Crippen LogP contribution is -2.09. The standard InChI is InChI=1S/C9H13ClO4/c1-3-14-9(12)7(2)5-13-6-8(11)4-10/h5H,3-4,6H2,1-2H3. The van der Waals surface area contributed by atoms with Crippen molar-refractivity contribution in [1.82, 2.24) is 0 Å². The molecule has 5 heteroatoms. The van der Waals surface area contributed by atoms with Crippen LogP contribution in [0.25, 0.3) is 0 Å². The van der Waals surface area contributed by atoms with Crippen LogP contribution in [0.2, 0.25) is 0 Å². The molecule has 0 atom stereocenters. The van der Waals surface area contributed by atoms with E-state index < -0.39 is 5.97 Å². The van der Waals surface area contributed by atoms with Crippen LogP contribution in [0, 0.1) is 0 Å². The summed E-state index contributed by atoms with van der Waals surface area (Å²) in [6.45, 7) is 3.44. The molecule has 0 bridgehead atoms. The fraction of sp³-hybridized carbons (Fsp3) is 0.556. The molecular formula is C9H13ClO4. The summed E-state index contributed by atoms with van der Waals surface area (Å²) >= 11 is 5.24. The highest BCUT2D eigenvalue weighted by Crippen LogP contribution is 1.97. The van der Waals surface area contributed by atoms with Crippen LogP contribution >= 0.6 is 11.6 Å². The first-order valence-corrected chi connectivity index (χ1v) is 4.68. The first kappa shape index (κ1) is 13.0. The number of esters is 1. The maximum atomic E-state index is 11.0. The molecule has 0 fully saturated rings. The van der Waals surface area contributed by atoms with Gasteiger partial charge in [0.05, 0.1) is 24.3 Å². The smallest absolute Gasteiger partial charge is 0.336 e. The van der Waals surface area contributed by atoms with E-state index in [0.29, 0.717) is 12.2 Å². The SMILES string of the molecule is CCOC(=O)C(C)=COCC(=O)CCl. The summed E-state index contributed by atoms with van der Waals surface area (Å²) in [5, 5.41) is 0. The van der Waals surface area contributed by atoms with Gasteiger partial charge in [0.2, 0.25) is 0 Å². The summed E-state index contributed by atoms with van der Waals surface area (Å²) in [7, 11) is 0. The van der Waals surface area contributed by atoms with Crippen LogP contribution in [0.1, 0.15) is 13.8 Å². The van der Waals surface area contributed by atoms with E-state index in [9.17, 15) is 9.59 Å². The normalized spacial score (nSPS) is 10.9. The molecule has 0 saturated heterocycles. The Morgan fingerprint density at radius 2 is 2.07 bits per heavy atom. The highest BCUT2D eigenvalue weighted by atomic mass is 35.5. The van der Waals surface area contributed by atoms with Crippen molar-refractivity contribution in [3.05, 3.63) is 11.8 Å². The number of carbonyl (C=O) groups is 2. The molecule has 0 aliphatic rings. The Morgan fingerprint density at radius 1 is 1.43 bits per heavy atom. The molecule has 0 aromatic rings. The molecule has 0 aromatic carbocycles. The first-order chi connectivity index (χ1) is 6.61. The summed E-state index contributed by atoms with van der Waals surface area (Å²) in [6, 6.07) is 0. The lowest BCUT2D eigenvalue weighted by atomic mass is 10.3. The van der Waals surface area contributed by atoms with E-state index in [1.807, 2.05) is 0 Å². The van der Waals surface area contributed by atoms with Gasteiger partial charge in [0.25, 0.3) is 0 Å². The summed E-state index contributed by atoms with van der Waals surface area (Å²) < 4.78 is 9.51. The molecule has 0 aliphatic heterocycles. The average molecular weight is 221 g/mol. The molecule has 80 valence electrons. The van der Waals surface area contributed by atoms with Crippen LogP contribution in [0.3, 0.4) is 0 Å². The average Bonchev–Trinajstić information content (AvgIpc) is 2.17. The summed E-state index contributed by atoms with van der Waals surface area (Å²) in [5.41, 5.74) is 0.314. The Labute approximate surface area is 87.8 Å². The van der Waals surface area contributed by atoms with Crippen LogP contribution < -0.4 is 0 Å². The Hall–Kier alpha value is -1.03. The molecule has 0 rings (SSSR count). The van der Waals surface area contributed by atoms with Crippen LogP contribution in [-0.4, -0.2) is 30.8 Å². The van der Waals surface area contributed by atoms with E-state index >= 15 is 0 Å². The largest absolute Gasteiger partial charge is 0.493 e. The number of halogens is 1. The van der Waals surface area contributed by atoms with E-state index in [1.54, 1.807) is 13.8 Å². The maximum absolute atomic E-state index is 11.0. The molecular weight excluding hydrogens is 208 g/mol. The van der Waals surface area contributed by atoms with Gasteiger partial charge >= 0.3 is 5.97 Å². The van der Waals surface area contributed by atoms with Gasteiger partial charge in [-0.3, -0.25) is 4.79 Å². The minimum atomic E-state index is -0.453. The molecule has 0 unspecified atom stereocenters. The molecule has 0 N–H and O–H groups in total. The van der Waals surface area contributed by atoms with E-state index in [1.165, 1.54) is 6.26 Å². The highest BCUT2D eigenvalue weighted by molar-refractivity contribution is 6.27. The predicted molar refractivity (Wildman–Crippen MR) is 52.1 cm³/mol. The van der Waals surface area contributed by atoms with E-state index in [4.69, 9.17) is 16.3 Å². The van der Waals surface area contributed by atoms with E-state index in [-0.39, 0.29) is 18.3 Å². The molecule has 4 nitrogen and oxygen atoms in total. The molecule has 0 heterocycles. The van der Waals surface area contributed by atoms with Crippen molar-refractivity contribution in [3.8, 4) is 0 Å². The van der Waals surface area contributed by atoms with Crippen molar-refractivity contribution < 1.29 is 19.1 Å². The monoisotopic (exact) mass is 220 g/mol. The van der Waals surface area contributed by atoms with Crippen LogP contribution in [0.15, 0.2) is 11.8 Å². The minimum Gasteiger partial charge on any atom is -0.493 e. The quantitative estimate of drug-likeness (QED) is 0.293. The first-order valence-electron chi connectivity index (χ1n) is 4.15. The Morgan fingerprint density at radius 3 is 2.57 bits per heavy atom. The van der Waals surface area contributed by atoms with E-state index in [0.717, 1.165) is 0 Å². The molecule has 0 saturated carbocycles. The van der Waals surface area contributed by atoms with Gasteiger partial charge < -0.3 is 9.47 Å². The Bertz CT molecular complexity index is 235. The van der Waals surface area contributed by atoms with Crippen molar-refractivity contribution in [3.63, 3.8) is 0 Å². The topological polar surface area (TPSA) is 52.6 Å². The summed E-state index contributed by atoms with van der Waals surface area (Å²) in [4.78, 5) is 21.7. The van der Waals surface area contributed by atoms with Gasteiger partial charge in [-0.2, -0.15) is 0 Å². The number of hydrogen-bond donors (Lipinski definition) is 0. The molecule has 14 heavy (non-hydrogen) atoms. The zero-order chi connectivity index (χ0) is 11.0. The zero-order valence-electron chi connectivity index (χ0n) is 8.21. The number of rotatable bonds is 6. The number of ether oxygens (including phenoxy) is 2. The lowest BCUT2D eigenvalue weighted by molar-refractivity contribution is -0.138. The van der Waals surface area contributed by atoms with Crippen molar-refractivity contribution in [2.24, 2.45) is 0 Å². The van der Waals surface area contributed by atoms with Gasteiger partial charge in [0.15, 0.2) is 5.78 Å². The molecule has 0 spiro atoms. The number of ketones is 1. The Kier molecular flexibility index (Phi) is 6.84. The van der Waals surface area contributed by atoms with Crippen molar-refractivity contribution >= 4 is 23.4 Å². The van der Waals surface area contributed by atoms with Crippen molar-refractivity contribution in [2.45, 2.75) is 13.8 Å². The van der Waals surface area contributed by atoms with Gasteiger partial charge in [-0.15, -0.1) is 11.6 Å².